The lowest BCUT2D eigenvalue weighted by Gasteiger charge is -2.21. The van der Waals surface area contributed by atoms with Crippen LogP contribution < -0.4 is 10.2 Å². The monoisotopic (exact) mass is 267 g/mol. The molecule has 0 radical (unpaired) electrons. The number of aromatic nitrogens is 1. The highest BCUT2D eigenvalue weighted by molar-refractivity contribution is 5.46. The molecule has 0 unspecified atom stereocenters. The van der Waals surface area contributed by atoms with Crippen molar-refractivity contribution in [2.45, 2.75) is 32.4 Å². The van der Waals surface area contributed by atoms with E-state index in [0.29, 0.717) is 25.8 Å². The molecule has 106 valence electrons. The normalized spacial score (nSPS) is 14.7. The molecule has 0 amide bonds. The summed E-state index contributed by atoms with van der Waals surface area (Å²) in [4.78, 5) is 6.22. The van der Waals surface area contributed by atoms with E-state index in [1.54, 1.807) is 6.07 Å². The fourth-order valence-corrected chi connectivity index (χ4v) is 1.94. The summed E-state index contributed by atoms with van der Waals surface area (Å²) in [6, 6.07) is 2.17. The average Bonchev–Trinajstić information content (AvgIpc) is 3.20. The summed E-state index contributed by atoms with van der Waals surface area (Å²) >= 11 is 0. The zero-order valence-corrected chi connectivity index (χ0v) is 11.7. The molecule has 19 heavy (non-hydrogen) atoms. The molecule has 0 spiro atoms. The van der Waals surface area contributed by atoms with Gasteiger partial charge in [-0.1, -0.05) is 0 Å². The lowest BCUT2D eigenvalue weighted by molar-refractivity contribution is 0.154. The van der Waals surface area contributed by atoms with Crippen molar-refractivity contribution in [3.8, 4) is 0 Å². The number of ether oxygens (including phenoxy) is 1. The highest BCUT2D eigenvalue weighted by Crippen LogP contribution is 2.22. The minimum absolute atomic E-state index is 0.283. The van der Waals surface area contributed by atoms with Crippen LogP contribution in [0.5, 0.6) is 0 Å². The predicted molar refractivity (Wildman–Crippen MR) is 73.8 cm³/mol. The molecule has 0 bridgehead atoms. The SMILES string of the molecule is CCOCCN(C)c1ncc(F)cc1CNC1CC1. The first-order chi connectivity index (χ1) is 9.20. The van der Waals surface area contributed by atoms with E-state index >= 15 is 0 Å². The second-order valence-corrected chi connectivity index (χ2v) is 4.91. The lowest BCUT2D eigenvalue weighted by atomic mass is 10.2. The number of pyridine rings is 1. The molecular formula is C14H22FN3O. The zero-order chi connectivity index (χ0) is 13.7. The molecule has 1 aromatic heterocycles. The van der Waals surface area contributed by atoms with Crippen LogP contribution in [0.1, 0.15) is 25.3 Å². The van der Waals surface area contributed by atoms with Gasteiger partial charge in [0.25, 0.3) is 0 Å². The zero-order valence-electron chi connectivity index (χ0n) is 11.7. The summed E-state index contributed by atoms with van der Waals surface area (Å²) < 4.78 is 18.7. The second kappa shape index (κ2) is 6.82. The Kier molecular flexibility index (Phi) is 5.10. The molecule has 1 fully saturated rings. The number of hydrogen-bond donors (Lipinski definition) is 1. The summed E-state index contributed by atoms with van der Waals surface area (Å²) in [6.07, 6.45) is 3.71. The quantitative estimate of drug-likeness (QED) is 0.731. The molecule has 1 aliphatic rings. The Morgan fingerprint density at radius 3 is 3.00 bits per heavy atom. The largest absolute Gasteiger partial charge is 0.380 e. The van der Waals surface area contributed by atoms with Gasteiger partial charge in [0.15, 0.2) is 0 Å². The first kappa shape index (κ1) is 14.2. The molecule has 1 aliphatic carbocycles. The van der Waals surface area contributed by atoms with E-state index in [1.165, 1.54) is 19.0 Å². The molecular weight excluding hydrogens is 245 g/mol. The van der Waals surface area contributed by atoms with Crippen LogP contribution in [0.3, 0.4) is 0 Å². The maximum Gasteiger partial charge on any atom is 0.141 e. The van der Waals surface area contributed by atoms with E-state index in [2.05, 4.69) is 10.3 Å². The Labute approximate surface area is 114 Å². The van der Waals surface area contributed by atoms with Crippen LogP contribution in [-0.4, -0.2) is 37.8 Å². The van der Waals surface area contributed by atoms with Gasteiger partial charge < -0.3 is 15.0 Å². The minimum Gasteiger partial charge on any atom is -0.380 e. The lowest BCUT2D eigenvalue weighted by Crippen LogP contribution is -2.26. The Hall–Kier alpha value is -1.20. The maximum absolute atomic E-state index is 13.3. The third kappa shape index (κ3) is 4.44. The highest BCUT2D eigenvalue weighted by Gasteiger charge is 2.21. The molecule has 1 aromatic rings. The fraction of sp³-hybridized carbons (Fsp3) is 0.643. The van der Waals surface area contributed by atoms with Crippen LogP contribution in [0, 0.1) is 5.82 Å². The topological polar surface area (TPSA) is 37.4 Å². The van der Waals surface area contributed by atoms with E-state index < -0.39 is 0 Å². The summed E-state index contributed by atoms with van der Waals surface area (Å²) in [7, 11) is 1.96. The Morgan fingerprint density at radius 2 is 2.32 bits per heavy atom. The summed E-state index contributed by atoms with van der Waals surface area (Å²) in [5.41, 5.74) is 0.908. The summed E-state index contributed by atoms with van der Waals surface area (Å²) in [5.74, 6) is 0.545. The molecule has 2 rings (SSSR count). The number of nitrogens with zero attached hydrogens (tertiary/aromatic N) is 2. The standard InChI is InChI=1S/C14H22FN3O/c1-3-19-7-6-18(2)14-11(8-12(15)10-17-14)9-16-13-4-5-13/h8,10,13,16H,3-7,9H2,1-2H3. The van der Waals surface area contributed by atoms with Gasteiger partial charge in [-0.3, -0.25) is 0 Å². The van der Waals surface area contributed by atoms with Gasteiger partial charge in [-0.05, 0) is 25.8 Å². The van der Waals surface area contributed by atoms with Gasteiger partial charge in [0, 0.05) is 38.3 Å². The molecule has 0 aliphatic heterocycles. The van der Waals surface area contributed by atoms with Crippen molar-refractivity contribution in [1.29, 1.82) is 0 Å². The van der Waals surface area contributed by atoms with Crippen molar-refractivity contribution in [3.63, 3.8) is 0 Å². The third-order valence-corrected chi connectivity index (χ3v) is 3.20. The number of halogens is 1. The number of likely N-dealkylation sites (N-methyl/N-ethyl adjacent to an activating group) is 1. The van der Waals surface area contributed by atoms with Crippen LogP contribution in [0.25, 0.3) is 0 Å². The van der Waals surface area contributed by atoms with Gasteiger partial charge in [0.2, 0.25) is 0 Å². The van der Waals surface area contributed by atoms with Crippen molar-refractivity contribution in [1.82, 2.24) is 10.3 Å². The predicted octanol–water partition coefficient (Wildman–Crippen LogP) is 1.95. The third-order valence-electron chi connectivity index (χ3n) is 3.20. The van der Waals surface area contributed by atoms with E-state index in [4.69, 9.17) is 4.74 Å². The van der Waals surface area contributed by atoms with E-state index in [9.17, 15) is 4.39 Å². The molecule has 0 saturated heterocycles. The number of nitrogens with one attached hydrogen (secondary N) is 1. The van der Waals surface area contributed by atoms with Crippen LogP contribution in [0.2, 0.25) is 0 Å². The van der Waals surface area contributed by atoms with E-state index in [0.717, 1.165) is 17.9 Å². The molecule has 1 saturated carbocycles. The number of rotatable bonds is 8. The molecule has 4 nitrogen and oxygen atoms in total. The van der Waals surface area contributed by atoms with Gasteiger partial charge in [-0.15, -0.1) is 0 Å². The number of hydrogen-bond acceptors (Lipinski definition) is 4. The fourth-order valence-electron chi connectivity index (χ4n) is 1.94. The Bertz CT molecular complexity index is 410. The molecule has 0 atom stereocenters. The van der Waals surface area contributed by atoms with Crippen LogP contribution >= 0.6 is 0 Å². The van der Waals surface area contributed by atoms with Crippen LogP contribution in [-0.2, 0) is 11.3 Å². The average molecular weight is 267 g/mol. The van der Waals surface area contributed by atoms with Crippen LogP contribution in [0.15, 0.2) is 12.3 Å². The van der Waals surface area contributed by atoms with Gasteiger partial charge in [-0.25, -0.2) is 9.37 Å². The first-order valence-corrected chi connectivity index (χ1v) is 6.87. The Morgan fingerprint density at radius 1 is 1.53 bits per heavy atom. The highest BCUT2D eigenvalue weighted by atomic mass is 19.1. The molecule has 5 heteroatoms. The smallest absolute Gasteiger partial charge is 0.141 e. The maximum atomic E-state index is 13.3. The van der Waals surface area contributed by atoms with Crippen molar-refractivity contribution in [3.05, 3.63) is 23.6 Å². The van der Waals surface area contributed by atoms with E-state index in [1.807, 2.05) is 18.9 Å². The van der Waals surface area contributed by atoms with Gasteiger partial charge in [0.1, 0.15) is 11.6 Å². The van der Waals surface area contributed by atoms with Crippen molar-refractivity contribution in [2.24, 2.45) is 0 Å². The van der Waals surface area contributed by atoms with Gasteiger partial charge in [0.05, 0.1) is 12.8 Å². The Balaban J connectivity index is 1.99. The van der Waals surface area contributed by atoms with E-state index in [-0.39, 0.29) is 5.82 Å². The van der Waals surface area contributed by atoms with Crippen molar-refractivity contribution < 1.29 is 9.13 Å². The van der Waals surface area contributed by atoms with Gasteiger partial charge in [-0.2, -0.15) is 0 Å². The summed E-state index contributed by atoms with van der Waals surface area (Å²) in [5, 5.41) is 3.40. The minimum atomic E-state index is -0.283. The molecule has 1 heterocycles. The van der Waals surface area contributed by atoms with Gasteiger partial charge >= 0.3 is 0 Å². The van der Waals surface area contributed by atoms with Crippen LogP contribution in [0.4, 0.5) is 10.2 Å². The molecule has 1 N–H and O–H groups in total. The van der Waals surface area contributed by atoms with Crippen molar-refractivity contribution >= 4 is 5.82 Å². The molecule has 0 aromatic carbocycles. The number of anilines is 1. The summed E-state index contributed by atoms with van der Waals surface area (Å²) in [6.45, 7) is 4.76. The second-order valence-electron chi connectivity index (χ2n) is 4.91. The van der Waals surface area contributed by atoms with Crippen molar-refractivity contribution in [2.75, 3.05) is 31.7 Å². The first-order valence-electron chi connectivity index (χ1n) is 6.87.